The van der Waals surface area contributed by atoms with Gasteiger partial charge in [-0.05, 0) is 18.6 Å². The van der Waals surface area contributed by atoms with Crippen LogP contribution in [0.4, 0.5) is 11.4 Å². The lowest BCUT2D eigenvalue weighted by molar-refractivity contribution is -0.384. The van der Waals surface area contributed by atoms with Gasteiger partial charge in [0.2, 0.25) is 5.91 Å². The first-order valence-electron chi connectivity index (χ1n) is 6.81. The molecule has 1 N–H and O–H groups in total. The largest absolute Gasteiger partial charge is 0.494 e. The van der Waals surface area contributed by atoms with E-state index >= 15 is 0 Å². The molecule has 0 aliphatic rings. The molecule has 0 saturated carbocycles. The zero-order valence-electron chi connectivity index (χ0n) is 12.6. The van der Waals surface area contributed by atoms with E-state index in [9.17, 15) is 14.9 Å². The molecule has 0 heterocycles. The highest BCUT2D eigenvalue weighted by molar-refractivity contribution is 6.33. The number of rotatable bonds is 5. The number of hydrogen-bond acceptors (Lipinski definition) is 4. The molecule has 0 fully saturated rings. The molecule has 1 amide bonds. The Balaban J connectivity index is 2.27. The summed E-state index contributed by atoms with van der Waals surface area (Å²) in [6.45, 7) is 1.77. The molecule has 23 heavy (non-hydrogen) atoms. The van der Waals surface area contributed by atoms with Crippen molar-refractivity contribution in [2.75, 3.05) is 12.4 Å². The summed E-state index contributed by atoms with van der Waals surface area (Å²) in [6.07, 6.45) is 0. The van der Waals surface area contributed by atoms with Gasteiger partial charge in [-0.1, -0.05) is 41.9 Å². The van der Waals surface area contributed by atoms with Gasteiger partial charge in [0.15, 0.2) is 0 Å². The van der Waals surface area contributed by atoms with Gasteiger partial charge in [0.1, 0.15) is 10.8 Å². The molecule has 0 spiro atoms. The summed E-state index contributed by atoms with van der Waals surface area (Å²) in [6, 6.07) is 11.8. The molecule has 6 nitrogen and oxygen atoms in total. The van der Waals surface area contributed by atoms with E-state index < -0.39 is 10.8 Å². The van der Waals surface area contributed by atoms with E-state index in [0.717, 1.165) is 5.56 Å². The fourth-order valence-corrected chi connectivity index (χ4v) is 2.32. The van der Waals surface area contributed by atoms with Gasteiger partial charge >= 0.3 is 0 Å². The van der Waals surface area contributed by atoms with E-state index in [0.29, 0.717) is 0 Å². The first-order chi connectivity index (χ1) is 10.9. The van der Waals surface area contributed by atoms with Crippen molar-refractivity contribution in [2.45, 2.75) is 12.8 Å². The van der Waals surface area contributed by atoms with Crippen molar-refractivity contribution >= 4 is 28.9 Å². The molecule has 0 aliphatic heterocycles. The lowest BCUT2D eigenvalue weighted by atomic mass is 10.0. The van der Waals surface area contributed by atoms with Crippen LogP contribution in [-0.4, -0.2) is 17.9 Å². The summed E-state index contributed by atoms with van der Waals surface area (Å²) < 4.78 is 5.10. The quantitative estimate of drug-likeness (QED) is 0.662. The van der Waals surface area contributed by atoms with E-state index in [1.165, 1.54) is 19.2 Å². The molecule has 2 aromatic carbocycles. The van der Waals surface area contributed by atoms with Crippen LogP contribution < -0.4 is 10.1 Å². The lowest BCUT2D eigenvalue weighted by Gasteiger charge is -2.15. The van der Waals surface area contributed by atoms with Gasteiger partial charge in [-0.15, -0.1) is 0 Å². The number of nitro benzene ring substituents is 1. The Morgan fingerprint density at radius 3 is 2.52 bits per heavy atom. The third kappa shape index (κ3) is 3.78. The van der Waals surface area contributed by atoms with Crippen LogP contribution >= 0.6 is 11.6 Å². The second kappa shape index (κ2) is 7.11. The molecule has 2 rings (SSSR count). The number of nitrogens with one attached hydrogen (secondary N) is 1. The maximum absolute atomic E-state index is 12.4. The minimum absolute atomic E-state index is 0.0709. The monoisotopic (exact) mass is 334 g/mol. The van der Waals surface area contributed by atoms with Gasteiger partial charge in [0.25, 0.3) is 5.69 Å². The van der Waals surface area contributed by atoms with Crippen LogP contribution in [0.3, 0.4) is 0 Å². The molecule has 0 aliphatic carbocycles. The number of amides is 1. The second-order valence-electron chi connectivity index (χ2n) is 4.88. The Hall–Kier alpha value is -2.60. The van der Waals surface area contributed by atoms with Crippen molar-refractivity contribution in [3.8, 4) is 5.75 Å². The Bertz CT molecular complexity index is 734. The van der Waals surface area contributed by atoms with Gasteiger partial charge in [-0.3, -0.25) is 14.9 Å². The van der Waals surface area contributed by atoms with Crippen LogP contribution in [0.25, 0.3) is 0 Å². The van der Waals surface area contributed by atoms with Crippen LogP contribution in [0.5, 0.6) is 5.75 Å². The fraction of sp³-hybridized carbons (Fsp3) is 0.188. The standard InChI is InChI=1S/C16H15ClN2O4/c1-10(11-6-4-3-5-7-11)16(20)18-13-8-12(17)14(19(21)22)9-15(13)23-2/h3-10H,1-2H3,(H,18,20)/t10-/m0/s1. The summed E-state index contributed by atoms with van der Waals surface area (Å²) in [5.41, 5.74) is 0.866. The Kier molecular flexibility index (Phi) is 5.18. The highest BCUT2D eigenvalue weighted by Crippen LogP contribution is 2.36. The summed E-state index contributed by atoms with van der Waals surface area (Å²) in [5.74, 6) is -0.482. The SMILES string of the molecule is COc1cc([N+](=O)[O-])c(Cl)cc1NC(=O)[C@@H](C)c1ccccc1. The van der Waals surface area contributed by atoms with E-state index in [-0.39, 0.29) is 28.1 Å². The van der Waals surface area contributed by atoms with E-state index in [4.69, 9.17) is 16.3 Å². The maximum Gasteiger partial charge on any atom is 0.291 e. The summed E-state index contributed by atoms with van der Waals surface area (Å²) in [4.78, 5) is 22.7. The third-order valence-corrected chi connectivity index (χ3v) is 3.72. The highest BCUT2D eigenvalue weighted by atomic mass is 35.5. The van der Waals surface area contributed by atoms with Crippen LogP contribution in [0, 0.1) is 10.1 Å². The molecular weight excluding hydrogens is 320 g/mol. The molecule has 2 aromatic rings. The number of nitro groups is 1. The Morgan fingerprint density at radius 2 is 1.96 bits per heavy atom. The minimum Gasteiger partial charge on any atom is -0.494 e. The molecular formula is C16H15ClN2O4. The molecule has 0 aromatic heterocycles. The molecule has 0 radical (unpaired) electrons. The predicted molar refractivity (Wildman–Crippen MR) is 88.1 cm³/mol. The van der Waals surface area contributed by atoms with E-state index in [1.54, 1.807) is 6.92 Å². The van der Waals surface area contributed by atoms with Crippen LogP contribution in [0.15, 0.2) is 42.5 Å². The van der Waals surface area contributed by atoms with Crippen molar-refractivity contribution in [3.63, 3.8) is 0 Å². The zero-order chi connectivity index (χ0) is 17.0. The summed E-state index contributed by atoms with van der Waals surface area (Å²) in [7, 11) is 1.36. The van der Waals surface area contributed by atoms with Crippen LogP contribution in [0.1, 0.15) is 18.4 Å². The third-order valence-electron chi connectivity index (χ3n) is 3.42. The molecule has 1 atom stereocenters. The van der Waals surface area contributed by atoms with Gasteiger partial charge in [0, 0.05) is 0 Å². The van der Waals surface area contributed by atoms with Gasteiger partial charge < -0.3 is 10.1 Å². The summed E-state index contributed by atoms with van der Waals surface area (Å²) >= 11 is 5.88. The number of methoxy groups -OCH3 is 1. The maximum atomic E-state index is 12.4. The normalized spacial score (nSPS) is 11.6. The van der Waals surface area contributed by atoms with Gasteiger partial charge in [-0.2, -0.15) is 0 Å². The number of hydrogen-bond donors (Lipinski definition) is 1. The van der Waals surface area contributed by atoms with Crippen molar-refractivity contribution < 1.29 is 14.5 Å². The van der Waals surface area contributed by atoms with Crippen molar-refractivity contribution in [1.82, 2.24) is 0 Å². The minimum atomic E-state index is -0.608. The smallest absolute Gasteiger partial charge is 0.291 e. The average Bonchev–Trinajstić information content (AvgIpc) is 2.54. The molecule has 0 saturated heterocycles. The molecule has 120 valence electrons. The van der Waals surface area contributed by atoms with E-state index in [1.807, 2.05) is 30.3 Å². The summed E-state index contributed by atoms with van der Waals surface area (Å²) in [5, 5.41) is 13.5. The first kappa shape index (κ1) is 16.8. The molecule has 0 unspecified atom stereocenters. The number of ether oxygens (including phenoxy) is 1. The average molecular weight is 335 g/mol. The van der Waals surface area contributed by atoms with Gasteiger partial charge in [0.05, 0.1) is 29.7 Å². The van der Waals surface area contributed by atoms with E-state index in [2.05, 4.69) is 5.32 Å². The Morgan fingerprint density at radius 1 is 1.30 bits per heavy atom. The predicted octanol–water partition coefficient (Wildman–Crippen LogP) is 4.00. The fourth-order valence-electron chi connectivity index (χ4n) is 2.08. The number of nitrogens with zero attached hydrogens (tertiary/aromatic N) is 1. The Labute approximate surface area is 138 Å². The lowest BCUT2D eigenvalue weighted by Crippen LogP contribution is -2.19. The molecule has 0 bridgehead atoms. The number of anilines is 1. The molecule has 7 heteroatoms. The van der Waals surface area contributed by atoms with Gasteiger partial charge in [-0.25, -0.2) is 0 Å². The number of carbonyl (C=O) groups excluding carboxylic acids is 1. The van der Waals surface area contributed by atoms with Crippen molar-refractivity contribution in [2.24, 2.45) is 0 Å². The van der Waals surface area contributed by atoms with Crippen LogP contribution in [0.2, 0.25) is 5.02 Å². The second-order valence-corrected chi connectivity index (χ2v) is 5.29. The number of carbonyl (C=O) groups is 1. The number of halogens is 1. The zero-order valence-corrected chi connectivity index (χ0v) is 13.3. The van der Waals surface area contributed by atoms with Crippen LogP contribution in [-0.2, 0) is 4.79 Å². The number of benzene rings is 2. The van der Waals surface area contributed by atoms with Crippen molar-refractivity contribution in [3.05, 3.63) is 63.2 Å². The topological polar surface area (TPSA) is 81.5 Å². The first-order valence-corrected chi connectivity index (χ1v) is 7.19. The highest BCUT2D eigenvalue weighted by Gasteiger charge is 2.21. The van der Waals surface area contributed by atoms with Crippen molar-refractivity contribution in [1.29, 1.82) is 0 Å².